The topological polar surface area (TPSA) is 40.6 Å². The molecule has 0 saturated carbocycles. The standard InChI is InChI=1S/C13H16N2O2S/c1-14-11(8-9-18-2)12(16)15(13(14)17)10-6-4-3-5-7-10/h3-7,11H,8-9H2,1-2H3. The predicted octanol–water partition coefficient (Wildman–Crippen LogP) is 2.21. The molecule has 1 saturated heterocycles. The third-order valence-electron chi connectivity index (χ3n) is 3.08. The normalized spacial score (nSPS) is 19.8. The first-order valence-electron chi connectivity index (χ1n) is 5.81. The SMILES string of the molecule is CSCCC1C(=O)N(c2ccccc2)C(=O)N1C. The van der Waals surface area contributed by atoms with Crippen molar-refractivity contribution in [1.29, 1.82) is 0 Å². The molecule has 1 aliphatic heterocycles. The molecule has 0 radical (unpaired) electrons. The van der Waals surface area contributed by atoms with Crippen LogP contribution < -0.4 is 4.90 Å². The van der Waals surface area contributed by atoms with E-state index in [1.807, 2.05) is 24.5 Å². The van der Waals surface area contributed by atoms with Crippen molar-refractivity contribution in [1.82, 2.24) is 4.90 Å². The van der Waals surface area contributed by atoms with Crippen molar-refractivity contribution in [2.24, 2.45) is 0 Å². The number of thioether (sulfide) groups is 1. The number of imide groups is 1. The Morgan fingerprint density at radius 1 is 1.22 bits per heavy atom. The molecular formula is C13H16N2O2S. The summed E-state index contributed by atoms with van der Waals surface area (Å²) in [6.45, 7) is 0. The van der Waals surface area contributed by atoms with E-state index in [2.05, 4.69) is 0 Å². The second kappa shape index (κ2) is 5.44. The van der Waals surface area contributed by atoms with Crippen LogP contribution in [-0.2, 0) is 4.79 Å². The average molecular weight is 264 g/mol. The number of amides is 3. The molecule has 1 aliphatic rings. The largest absolute Gasteiger partial charge is 0.331 e. The first-order chi connectivity index (χ1) is 8.66. The number of hydrogen-bond donors (Lipinski definition) is 0. The Labute approximate surface area is 111 Å². The molecular weight excluding hydrogens is 248 g/mol. The number of rotatable bonds is 4. The summed E-state index contributed by atoms with van der Waals surface area (Å²) in [5.74, 6) is 0.749. The minimum absolute atomic E-state index is 0.122. The minimum atomic E-state index is -0.329. The van der Waals surface area contributed by atoms with Gasteiger partial charge < -0.3 is 4.90 Å². The van der Waals surface area contributed by atoms with Crippen molar-refractivity contribution in [2.45, 2.75) is 12.5 Å². The van der Waals surface area contributed by atoms with Gasteiger partial charge in [0.2, 0.25) is 0 Å². The van der Waals surface area contributed by atoms with E-state index in [0.717, 1.165) is 5.75 Å². The first-order valence-corrected chi connectivity index (χ1v) is 7.21. The molecule has 2 rings (SSSR count). The number of carbonyl (C=O) groups excluding carboxylic acids is 2. The van der Waals surface area contributed by atoms with Gasteiger partial charge in [-0.2, -0.15) is 11.8 Å². The van der Waals surface area contributed by atoms with Crippen LogP contribution in [0.1, 0.15) is 6.42 Å². The van der Waals surface area contributed by atoms with Crippen molar-refractivity contribution in [3.8, 4) is 0 Å². The van der Waals surface area contributed by atoms with Gasteiger partial charge in [0.1, 0.15) is 6.04 Å². The highest BCUT2D eigenvalue weighted by molar-refractivity contribution is 7.98. The molecule has 1 unspecified atom stereocenters. The highest BCUT2D eigenvalue weighted by Crippen LogP contribution is 2.25. The molecule has 4 nitrogen and oxygen atoms in total. The van der Waals surface area contributed by atoms with E-state index in [1.165, 1.54) is 9.80 Å². The molecule has 0 bridgehead atoms. The lowest BCUT2D eigenvalue weighted by Crippen LogP contribution is -2.31. The van der Waals surface area contributed by atoms with Gasteiger partial charge in [-0.05, 0) is 30.6 Å². The Hall–Kier alpha value is -1.49. The fraction of sp³-hybridized carbons (Fsp3) is 0.385. The van der Waals surface area contributed by atoms with Crippen molar-refractivity contribution in [2.75, 3.05) is 24.0 Å². The molecule has 1 heterocycles. The number of anilines is 1. The summed E-state index contributed by atoms with van der Waals surface area (Å²) in [5, 5.41) is 0. The number of carbonyl (C=O) groups is 2. The average Bonchev–Trinajstić information content (AvgIpc) is 2.60. The molecule has 0 aromatic heterocycles. The van der Waals surface area contributed by atoms with Crippen molar-refractivity contribution in [3.63, 3.8) is 0 Å². The molecule has 96 valence electrons. The van der Waals surface area contributed by atoms with E-state index < -0.39 is 0 Å². The summed E-state index contributed by atoms with van der Waals surface area (Å²) in [6, 6.07) is 8.50. The lowest BCUT2D eigenvalue weighted by Gasteiger charge is -2.14. The zero-order valence-corrected chi connectivity index (χ0v) is 11.3. The smallest absolute Gasteiger partial charge is 0.315 e. The maximum Gasteiger partial charge on any atom is 0.331 e. The van der Waals surface area contributed by atoms with Gasteiger partial charge in [-0.15, -0.1) is 0 Å². The molecule has 0 spiro atoms. The molecule has 0 N–H and O–H groups in total. The summed E-state index contributed by atoms with van der Waals surface area (Å²) in [7, 11) is 1.69. The van der Waals surface area contributed by atoms with Crippen LogP contribution in [0, 0.1) is 0 Å². The van der Waals surface area contributed by atoms with Crippen molar-refractivity contribution in [3.05, 3.63) is 30.3 Å². The number of hydrogen-bond acceptors (Lipinski definition) is 3. The summed E-state index contributed by atoms with van der Waals surface area (Å²) in [5.41, 5.74) is 0.644. The number of likely N-dealkylation sites (N-methyl/N-ethyl adjacent to an activating group) is 1. The van der Waals surface area contributed by atoms with Crippen molar-refractivity contribution >= 4 is 29.4 Å². The van der Waals surface area contributed by atoms with E-state index in [-0.39, 0.29) is 18.0 Å². The van der Waals surface area contributed by atoms with Crippen LogP contribution in [0.2, 0.25) is 0 Å². The van der Waals surface area contributed by atoms with E-state index in [1.54, 1.807) is 30.9 Å². The fourth-order valence-corrected chi connectivity index (χ4v) is 2.52. The van der Waals surface area contributed by atoms with Gasteiger partial charge in [0, 0.05) is 7.05 Å². The van der Waals surface area contributed by atoms with Gasteiger partial charge in [-0.1, -0.05) is 18.2 Å². The second-order valence-corrected chi connectivity index (χ2v) is 5.19. The number of para-hydroxylation sites is 1. The van der Waals surface area contributed by atoms with E-state index in [9.17, 15) is 9.59 Å². The Bertz CT molecular complexity index is 450. The van der Waals surface area contributed by atoms with Crippen LogP contribution in [0.15, 0.2) is 30.3 Å². The van der Waals surface area contributed by atoms with Crippen LogP contribution in [0.25, 0.3) is 0 Å². The Balaban J connectivity index is 2.23. The monoisotopic (exact) mass is 264 g/mol. The Kier molecular flexibility index (Phi) is 3.91. The molecule has 1 fully saturated rings. The zero-order valence-electron chi connectivity index (χ0n) is 10.5. The van der Waals surface area contributed by atoms with E-state index in [4.69, 9.17) is 0 Å². The number of nitrogens with zero attached hydrogens (tertiary/aromatic N) is 2. The lowest BCUT2D eigenvalue weighted by molar-refractivity contribution is -0.119. The van der Waals surface area contributed by atoms with Gasteiger partial charge in [-0.3, -0.25) is 4.79 Å². The van der Waals surface area contributed by atoms with Crippen LogP contribution >= 0.6 is 11.8 Å². The van der Waals surface area contributed by atoms with Gasteiger partial charge in [0.25, 0.3) is 5.91 Å². The molecule has 5 heteroatoms. The highest BCUT2D eigenvalue weighted by atomic mass is 32.2. The highest BCUT2D eigenvalue weighted by Gasteiger charge is 2.43. The summed E-state index contributed by atoms with van der Waals surface area (Å²) >= 11 is 1.68. The van der Waals surface area contributed by atoms with Gasteiger partial charge in [0.05, 0.1) is 5.69 Å². The lowest BCUT2D eigenvalue weighted by atomic mass is 10.2. The van der Waals surface area contributed by atoms with Crippen LogP contribution in [0.4, 0.5) is 10.5 Å². The van der Waals surface area contributed by atoms with Gasteiger partial charge in [-0.25, -0.2) is 9.69 Å². The maximum absolute atomic E-state index is 12.3. The third kappa shape index (κ3) is 2.22. The van der Waals surface area contributed by atoms with Gasteiger partial charge >= 0.3 is 6.03 Å². The molecule has 18 heavy (non-hydrogen) atoms. The van der Waals surface area contributed by atoms with E-state index in [0.29, 0.717) is 12.1 Å². The van der Waals surface area contributed by atoms with Crippen molar-refractivity contribution < 1.29 is 9.59 Å². The predicted molar refractivity (Wildman–Crippen MR) is 73.9 cm³/mol. The van der Waals surface area contributed by atoms with E-state index >= 15 is 0 Å². The van der Waals surface area contributed by atoms with Crippen LogP contribution in [0.5, 0.6) is 0 Å². The zero-order chi connectivity index (χ0) is 13.1. The summed E-state index contributed by atoms with van der Waals surface area (Å²) in [6.07, 6.45) is 2.70. The maximum atomic E-state index is 12.3. The second-order valence-electron chi connectivity index (χ2n) is 4.20. The molecule has 1 aromatic rings. The van der Waals surface area contributed by atoms with Crippen LogP contribution in [-0.4, -0.2) is 41.9 Å². The summed E-state index contributed by atoms with van der Waals surface area (Å²) < 4.78 is 0. The third-order valence-corrected chi connectivity index (χ3v) is 3.72. The fourth-order valence-electron chi connectivity index (χ4n) is 2.06. The molecule has 3 amide bonds. The minimum Gasteiger partial charge on any atom is -0.315 e. The molecule has 1 atom stereocenters. The van der Waals surface area contributed by atoms with Crippen LogP contribution in [0.3, 0.4) is 0 Å². The number of benzene rings is 1. The quantitative estimate of drug-likeness (QED) is 0.783. The molecule has 0 aliphatic carbocycles. The Morgan fingerprint density at radius 2 is 1.89 bits per heavy atom. The summed E-state index contributed by atoms with van der Waals surface area (Å²) in [4.78, 5) is 27.2. The Morgan fingerprint density at radius 3 is 2.50 bits per heavy atom. The first kappa shape index (κ1) is 13.0. The molecule has 1 aromatic carbocycles. The van der Waals surface area contributed by atoms with Gasteiger partial charge in [0.15, 0.2) is 0 Å². The number of urea groups is 1.